The molecule has 2 heterocycles. The predicted molar refractivity (Wildman–Crippen MR) is 29.9 cm³/mol. The van der Waals surface area contributed by atoms with Gasteiger partial charge in [-0.2, -0.15) is 5.16 Å². The number of rotatable bonds is 0. The minimum Gasteiger partial charge on any atom is -0.382 e. The van der Waals surface area contributed by atoms with E-state index >= 15 is 0 Å². The Morgan fingerprint density at radius 3 is 3.11 bits per heavy atom. The average molecular weight is 126 g/mol. The van der Waals surface area contributed by atoms with Crippen LogP contribution in [0.4, 0.5) is 0 Å². The fourth-order valence-corrected chi connectivity index (χ4v) is 0.980. The molecule has 48 valence electrons. The van der Waals surface area contributed by atoms with Crippen molar-refractivity contribution in [2.75, 3.05) is 0 Å². The van der Waals surface area contributed by atoms with E-state index in [-0.39, 0.29) is 5.56 Å². The highest BCUT2D eigenvalue weighted by Crippen LogP contribution is 2.07. The zero-order valence-corrected chi connectivity index (χ0v) is 4.73. The Morgan fingerprint density at radius 1 is 1.44 bits per heavy atom. The van der Waals surface area contributed by atoms with Crippen LogP contribution in [0.5, 0.6) is 0 Å². The maximum Gasteiger partial charge on any atom is 0.284 e. The zero-order valence-electron chi connectivity index (χ0n) is 4.73. The van der Waals surface area contributed by atoms with Crippen LogP contribution < -0.4 is 10.9 Å². The van der Waals surface area contributed by atoms with Crippen molar-refractivity contribution < 1.29 is 4.52 Å². The van der Waals surface area contributed by atoms with Gasteiger partial charge in [0, 0.05) is 6.54 Å². The Kier molecular flexibility index (Phi) is 0.790. The minimum absolute atomic E-state index is 0.102. The van der Waals surface area contributed by atoms with Gasteiger partial charge in [-0.3, -0.25) is 4.79 Å². The van der Waals surface area contributed by atoms with Crippen molar-refractivity contribution in [3.8, 4) is 0 Å². The highest BCUT2D eigenvalue weighted by Gasteiger charge is 2.16. The van der Waals surface area contributed by atoms with Crippen LogP contribution in [0.2, 0.25) is 0 Å². The van der Waals surface area contributed by atoms with Gasteiger partial charge in [-0.1, -0.05) is 0 Å². The second-order valence-electron chi connectivity index (χ2n) is 2.04. The van der Waals surface area contributed by atoms with Gasteiger partial charge in [-0.15, -0.1) is 0 Å². The van der Waals surface area contributed by atoms with Gasteiger partial charge in [0.1, 0.15) is 0 Å². The largest absolute Gasteiger partial charge is 0.382 e. The monoisotopic (exact) mass is 126 g/mol. The Bertz CT molecular complexity index is 273. The van der Waals surface area contributed by atoms with Crippen molar-refractivity contribution in [1.82, 2.24) is 10.5 Å². The second kappa shape index (κ2) is 1.48. The van der Waals surface area contributed by atoms with E-state index in [4.69, 9.17) is 4.52 Å². The van der Waals surface area contributed by atoms with Crippen LogP contribution in [0.1, 0.15) is 11.3 Å². The first-order valence-corrected chi connectivity index (χ1v) is 2.78. The van der Waals surface area contributed by atoms with Crippen molar-refractivity contribution in [2.45, 2.75) is 13.1 Å². The van der Waals surface area contributed by atoms with Crippen LogP contribution in [0.3, 0.4) is 0 Å². The highest BCUT2D eigenvalue weighted by molar-refractivity contribution is 5.17. The van der Waals surface area contributed by atoms with E-state index in [0.29, 0.717) is 13.1 Å². The lowest BCUT2D eigenvalue weighted by atomic mass is 10.3. The second-order valence-corrected chi connectivity index (χ2v) is 2.04. The number of aromatic amines is 1. The molecule has 9 heavy (non-hydrogen) atoms. The molecule has 0 aromatic carbocycles. The van der Waals surface area contributed by atoms with Crippen molar-refractivity contribution >= 4 is 0 Å². The summed E-state index contributed by atoms with van der Waals surface area (Å²) in [5.74, 6) is 0.750. The fourth-order valence-electron chi connectivity index (χ4n) is 0.980. The third-order valence-corrected chi connectivity index (χ3v) is 1.46. The van der Waals surface area contributed by atoms with Crippen molar-refractivity contribution in [1.29, 1.82) is 0 Å². The Labute approximate surface area is 50.8 Å². The molecule has 2 N–H and O–H groups in total. The van der Waals surface area contributed by atoms with E-state index in [1.165, 1.54) is 0 Å². The summed E-state index contributed by atoms with van der Waals surface area (Å²) < 4.78 is 4.81. The summed E-state index contributed by atoms with van der Waals surface area (Å²) in [7, 11) is 0. The lowest BCUT2D eigenvalue weighted by Crippen LogP contribution is -2.09. The molecule has 1 aliphatic rings. The summed E-state index contributed by atoms with van der Waals surface area (Å²) in [5.41, 5.74) is 0.644. The lowest BCUT2D eigenvalue weighted by Gasteiger charge is -1.81. The smallest absolute Gasteiger partial charge is 0.284 e. The molecule has 4 nitrogen and oxygen atoms in total. The first kappa shape index (κ1) is 4.81. The fraction of sp³-hybridized carbons (Fsp3) is 0.400. The first-order chi connectivity index (χ1) is 4.38. The van der Waals surface area contributed by atoms with E-state index in [9.17, 15) is 4.79 Å². The van der Waals surface area contributed by atoms with Crippen LogP contribution in [0, 0.1) is 0 Å². The predicted octanol–water partition coefficient (Wildman–Crippen LogP) is -0.429. The highest BCUT2D eigenvalue weighted by atomic mass is 16.5. The molecule has 0 aliphatic carbocycles. The number of fused-ring (bicyclic) bond motifs is 1. The van der Waals surface area contributed by atoms with Gasteiger partial charge in [-0.25, -0.2) is 0 Å². The van der Waals surface area contributed by atoms with Crippen molar-refractivity contribution in [2.24, 2.45) is 0 Å². The Hall–Kier alpha value is -1.03. The number of nitrogens with one attached hydrogen (secondary N) is 2. The van der Waals surface area contributed by atoms with Crippen LogP contribution in [0.25, 0.3) is 0 Å². The van der Waals surface area contributed by atoms with E-state index < -0.39 is 0 Å². The molecule has 4 heteroatoms. The molecule has 0 bridgehead atoms. The molecular weight excluding hydrogens is 120 g/mol. The van der Waals surface area contributed by atoms with Crippen LogP contribution in [-0.2, 0) is 13.1 Å². The van der Waals surface area contributed by atoms with Gasteiger partial charge < -0.3 is 9.84 Å². The quantitative estimate of drug-likeness (QED) is 0.496. The van der Waals surface area contributed by atoms with Gasteiger partial charge in [0.25, 0.3) is 5.56 Å². The normalized spacial score (nSPS) is 16.0. The third-order valence-electron chi connectivity index (χ3n) is 1.46. The summed E-state index contributed by atoms with van der Waals surface area (Å²) in [6.45, 7) is 1.31. The summed E-state index contributed by atoms with van der Waals surface area (Å²) >= 11 is 0. The molecule has 0 saturated carbocycles. The number of aromatic nitrogens is 1. The molecule has 0 saturated heterocycles. The molecule has 1 aromatic rings. The van der Waals surface area contributed by atoms with Crippen LogP contribution >= 0.6 is 0 Å². The molecular formula is C5H6N2O2. The summed E-state index contributed by atoms with van der Waals surface area (Å²) in [4.78, 5) is 10.7. The average Bonchev–Trinajstić information content (AvgIpc) is 2.35. The molecule has 1 aromatic heterocycles. The van der Waals surface area contributed by atoms with Crippen molar-refractivity contribution in [3.05, 3.63) is 21.7 Å². The molecule has 2 rings (SSSR count). The molecule has 0 atom stereocenters. The molecule has 1 aliphatic heterocycles. The number of hydrogen-bond acceptors (Lipinski definition) is 3. The maximum atomic E-state index is 10.7. The molecule has 0 radical (unpaired) electrons. The van der Waals surface area contributed by atoms with Gasteiger partial charge in [0.2, 0.25) is 0 Å². The third kappa shape index (κ3) is 0.533. The maximum absolute atomic E-state index is 10.7. The molecule has 0 fully saturated rings. The van der Waals surface area contributed by atoms with Gasteiger partial charge in [-0.05, 0) is 0 Å². The van der Waals surface area contributed by atoms with E-state index in [0.717, 1.165) is 11.3 Å². The van der Waals surface area contributed by atoms with Crippen LogP contribution in [-0.4, -0.2) is 5.16 Å². The first-order valence-electron chi connectivity index (χ1n) is 2.78. The van der Waals surface area contributed by atoms with E-state index in [2.05, 4.69) is 10.5 Å². The van der Waals surface area contributed by atoms with Gasteiger partial charge >= 0.3 is 0 Å². The molecule has 0 unspecified atom stereocenters. The minimum atomic E-state index is -0.102. The summed E-state index contributed by atoms with van der Waals surface area (Å²) in [6.07, 6.45) is 0. The molecule has 0 spiro atoms. The van der Waals surface area contributed by atoms with E-state index in [1.54, 1.807) is 0 Å². The lowest BCUT2D eigenvalue weighted by molar-refractivity contribution is 0.376. The Morgan fingerprint density at radius 2 is 2.33 bits per heavy atom. The summed E-state index contributed by atoms with van der Waals surface area (Å²) in [5, 5.41) is 5.26. The van der Waals surface area contributed by atoms with E-state index in [1.807, 2.05) is 0 Å². The topological polar surface area (TPSA) is 58.0 Å². The van der Waals surface area contributed by atoms with Gasteiger partial charge in [0.05, 0.1) is 12.1 Å². The number of H-pyrrole nitrogens is 1. The number of hydrogen-bond donors (Lipinski definition) is 2. The summed E-state index contributed by atoms with van der Waals surface area (Å²) in [6, 6.07) is 0. The SMILES string of the molecule is O=c1[nH]oc2c1CNC2. The standard InChI is InChI=1S/C5H6N2O2/c8-5-3-1-6-2-4(3)9-7-5/h6H,1-2H2,(H,7,8). The zero-order chi connectivity index (χ0) is 6.27. The van der Waals surface area contributed by atoms with Crippen molar-refractivity contribution in [3.63, 3.8) is 0 Å². The van der Waals surface area contributed by atoms with Crippen LogP contribution in [0.15, 0.2) is 9.32 Å². The molecule has 0 amide bonds. The van der Waals surface area contributed by atoms with Gasteiger partial charge in [0.15, 0.2) is 5.76 Å². The Balaban J connectivity index is 2.70.